The van der Waals surface area contributed by atoms with Crippen molar-refractivity contribution in [3.63, 3.8) is 0 Å². The minimum Gasteiger partial charge on any atom is -0.310 e. The van der Waals surface area contributed by atoms with Crippen LogP contribution in [0.1, 0.15) is 103 Å². The summed E-state index contributed by atoms with van der Waals surface area (Å²) in [6.45, 7) is 23.4. The normalized spacial score (nSPS) is 14.7. The van der Waals surface area contributed by atoms with Crippen LogP contribution in [0.15, 0.2) is 218 Å². The van der Waals surface area contributed by atoms with Crippen molar-refractivity contribution in [1.82, 2.24) is 9.13 Å². The molecule has 2 aliphatic rings. The molecule has 2 aromatic heterocycles. The second-order valence-electron chi connectivity index (χ2n) is 25.1. The molecule has 0 saturated heterocycles. The van der Waals surface area contributed by atoms with Crippen LogP contribution in [-0.4, -0.2) is 9.13 Å². The zero-order chi connectivity index (χ0) is 53.6. The molecule has 2 aliphatic heterocycles. The van der Waals surface area contributed by atoms with E-state index in [-0.39, 0.29) is 21.7 Å². The molecule has 0 N–H and O–H groups in total. The van der Waals surface area contributed by atoms with Crippen LogP contribution in [0.2, 0.25) is 0 Å². The summed E-state index contributed by atoms with van der Waals surface area (Å²) in [5, 5.41) is 4.91. The first-order valence-electron chi connectivity index (χ1n) is 27.8. The van der Waals surface area contributed by atoms with Crippen molar-refractivity contribution >= 4 is 77.7 Å². The van der Waals surface area contributed by atoms with Gasteiger partial charge in [0.2, 0.25) is 0 Å². The Balaban J connectivity index is 0.938. The lowest BCUT2D eigenvalue weighted by Gasteiger charge is -2.42. The minimum absolute atomic E-state index is 0.0294. The summed E-state index contributed by atoms with van der Waals surface area (Å²) in [4.78, 5) is 5.00. The van der Waals surface area contributed by atoms with E-state index in [4.69, 9.17) is 0 Å². The van der Waals surface area contributed by atoms with Crippen LogP contribution in [0.4, 0.5) is 34.1 Å². The lowest BCUT2D eigenvalue weighted by molar-refractivity contribution is 0.580. The first-order chi connectivity index (χ1) is 37.5. The van der Waals surface area contributed by atoms with Gasteiger partial charge in [-0.15, -0.1) is 0 Å². The first kappa shape index (κ1) is 47.8. The van der Waals surface area contributed by atoms with Crippen molar-refractivity contribution in [2.24, 2.45) is 0 Å². The number of fused-ring (bicyclic) bond motifs is 10. The third-order valence-electron chi connectivity index (χ3n) is 17.6. The Morgan fingerprint density at radius 3 is 1.00 bits per heavy atom. The summed E-state index contributed by atoms with van der Waals surface area (Å²) < 4.78 is 4.95. The largest absolute Gasteiger partial charge is 0.310 e. The number of aromatic nitrogens is 2. The highest BCUT2D eigenvalue weighted by Crippen LogP contribution is 2.55. The van der Waals surface area contributed by atoms with E-state index in [0.717, 1.165) is 22.7 Å². The number of benzene rings is 10. The average Bonchev–Trinajstić information content (AvgIpc) is 3.95. The van der Waals surface area contributed by atoms with Gasteiger partial charge in [0.1, 0.15) is 0 Å². The highest BCUT2D eigenvalue weighted by Gasteiger charge is 2.40. The van der Waals surface area contributed by atoms with Gasteiger partial charge in [0.05, 0.1) is 44.8 Å². The molecule has 4 heterocycles. The molecule has 0 unspecified atom stereocenters. The Morgan fingerprint density at radius 1 is 0.282 bits per heavy atom. The molecule has 0 bridgehead atoms. The molecule has 4 heteroatoms. The Bertz CT molecular complexity index is 4110. The van der Waals surface area contributed by atoms with Gasteiger partial charge in [-0.25, -0.2) is 0 Å². The fourth-order valence-corrected chi connectivity index (χ4v) is 13.3. The zero-order valence-electron chi connectivity index (χ0n) is 46.6. The average molecular weight is 1010 g/mol. The monoisotopic (exact) mass is 1010 g/mol. The zero-order valence-corrected chi connectivity index (χ0v) is 46.6. The molecule has 0 atom stereocenters. The third-order valence-corrected chi connectivity index (χ3v) is 17.6. The van der Waals surface area contributed by atoms with Crippen LogP contribution in [0.5, 0.6) is 0 Å². The molecule has 10 aromatic carbocycles. The molecular weight excluding hydrogens is 945 g/mol. The van der Waals surface area contributed by atoms with Crippen molar-refractivity contribution in [3.8, 4) is 22.5 Å². The molecule has 4 nitrogen and oxygen atoms in total. The SMILES string of the molecule is CC(C)(C)c1ccc2c(c1)C(C)(C)c1ccccc1N2c1ccc2c3ccc(-c4ccc5c6ccc(N7c8ccccc8C(C)(C)c8cc(C(C)(C)C)ccc87)cc6n(-c6ccccc6)c5c4)cc3n(-c3ccccc3)c2c1. The van der Waals surface area contributed by atoms with Gasteiger partial charge in [0, 0.05) is 55.1 Å². The van der Waals surface area contributed by atoms with E-state index >= 15 is 0 Å². The van der Waals surface area contributed by atoms with E-state index in [1.165, 1.54) is 111 Å². The van der Waals surface area contributed by atoms with Gasteiger partial charge in [-0.3, -0.25) is 0 Å². The van der Waals surface area contributed by atoms with Gasteiger partial charge < -0.3 is 18.9 Å². The summed E-state index contributed by atoms with van der Waals surface area (Å²) >= 11 is 0. The topological polar surface area (TPSA) is 16.3 Å². The van der Waals surface area contributed by atoms with Gasteiger partial charge in [0.25, 0.3) is 0 Å². The lowest BCUT2D eigenvalue weighted by Crippen LogP contribution is -2.31. The molecular formula is C74H66N4. The maximum atomic E-state index is 2.50. The number of hydrogen-bond donors (Lipinski definition) is 0. The molecule has 78 heavy (non-hydrogen) atoms. The van der Waals surface area contributed by atoms with Crippen molar-refractivity contribution in [2.75, 3.05) is 9.80 Å². The number of hydrogen-bond acceptors (Lipinski definition) is 2. The number of rotatable bonds is 5. The van der Waals surface area contributed by atoms with Crippen LogP contribution >= 0.6 is 0 Å². The van der Waals surface area contributed by atoms with E-state index in [9.17, 15) is 0 Å². The summed E-state index contributed by atoms with van der Waals surface area (Å²) in [7, 11) is 0. The summed E-state index contributed by atoms with van der Waals surface area (Å²) in [6, 6.07) is 82.4. The minimum atomic E-state index is -0.174. The first-order valence-corrected chi connectivity index (χ1v) is 27.8. The molecule has 0 saturated carbocycles. The quantitative estimate of drug-likeness (QED) is 0.171. The Hall–Kier alpha value is -8.60. The van der Waals surface area contributed by atoms with Gasteiger partial charge in [0.15, 0.2) is 0 Å². The molecule has 382 valence electrons. The van der Waals surface area contributed by atoms with Gasteiger partial charge in [-0.2, -0.15) is 0 Å². The summed E-state index contributed by atoms with van der Waals surface area (Å²) in [6.07, 6.45) is 0. The predicted molar refractivity (Wildman–Crippen MR) is 332 cm³/mol. The highest BCUT2D eigenvalue weighted by molar-refractivity contribution is 6.13. The van der Waals surface area contributed by atoms with E-state index < -0.39 is 0 Å². The standard InChI is InChI=1S/C74H66N4/c1-71(2,3)49-31-39-65-61(43-49)73(7,8)59-25-17-19-27-63(59)77(65)53-33-37-57-55-35-29-47(41-67(55)75(69(57)45-53)51-21-13-11-14-22-51)48-30-36-56-58-38-34-54(46-70(58)76(68(56)42-48)52-23-15-12-16-24-52)78-64-28-20-18-26-60(64)74(9,10)62-44-50(72(4,5)6)32-40-66(62)78/h11-46H,1-10H3. The lowest BCUT2D eigenvalue weighted by atomic mass is 9.71. The van der Waals surface area contributed by atoms with E-state index in [1.807, 2.05) is 0 Å². The maximum Gasteiger partial charge on any atom is 0.0561 e. The van der Waals surface area contributed by atoms with Crippen LogP contribution < -0.4 is 9.80 Å². The number of anilines is 6. The van der Waals surface area contributed by atoms with Crippen LogP contribution in [0.25, 0.3) is 66.1 Å². The van der Waals surface area contributed by atoms with Crippen LogP contribution in [0.3, 0.4) is 0 Å². The van der Waals surface area contributed by atoms with Crippen molar-refractivity contribution < 1.29 is 0 Å². The fourth-order valence-electron chi connectivity index (χ4n) is 13.3. The smallest absolute Gasteiger partial charge is 0.0561 e. The molecule has 0 radical (unpaired) electrons. The summed E-state index contributed by atoms with van der Waals surface area (Å²) in [5.74, 6) is 0. The molecule has 12 aromatic rings. The van der Waals surface area contributed by atoms with Crippen molar-refractivity contribution in [2.45, 2.75) is 90.9 Å². The Kier molecular flexibility index (Phi) is 10.4. The third kappa shape index (κ3) is 7.18. The Labute approximate surface area is 459 Å². The fraction of sp³-hybridized carbons (Fsp3) is 0.189. The molecule has 0 spiro atoms. The molecule has 14 rings (SSSR count). The van der Waals surface area contributed by atoms with Gasteiger partial charge in [-0.05, 0) is 140 Å². The molecule has 0 amide bonds. The predicted octanol–water partition coefficient (Wildman–Crippen LogP) is 20.4. The van der Waals surface area contributed by atoms with E-state index in [1.54, 1.807) is 0 Å². The van der Waals surface area contributed by atoms with E-state index in [2.05, 4.69) is 307 Å². The summed E-state index contributed by atoms with van der Waals surface area (Å²) in [5.41, 5.74) is 24.3. The second-order valence-corrected chi connectivity index (χ2v) is 25.1. The number of para-hydroxylation sites is 4. The Morgan fingerprint density at radius 2 is 0.615 bits per heavy atom. The number of nitrogens with zero attached hydrogens (tertiary/aromatic N) is 4. The highest BCUT2D eigenvalue weighted by atomic mass is 15.2. The molecule has 0 aliphatic carbocycles. The van der Waals surface area contributed by atoms with Crippen molar-refractivity contribution in [3.05, 3.63) is 252 Å². The van der Waals surface area contributed by atoms with Crippen LogP contribution in [-0.2, 0) is 21.7 Å². The second kappa shape index (κ2) is 16.9. The maximum absolute atomic E-state index is 2.50. The van der Waals surface area contributed by atoms with Gasteiger partial charge in [-0.1, -0.05) is 203 Å². The van der Waals surface area contributed by atoms with Crippen molar-refractivity contribution in [1.29, 1.82) is 0 Å². The molecule has 0 fully saturated rings. The van der Waals surface area contributed by atoms with Gasteiger partial charge >= 0.3 is 0 Å². The van der Waals surface area contributed by atoms with E-state index in [0.29, 0.717) is 0 Å². The van der Waals surface area contributed by atoms with Crippen LogP contribution in [0, 0.1) is 0 Å².